The minimum Gasteiger partial charge on any atom is -0.361 e. The van der Waals surface area contributed by atoms with Gasteiger partial charge in [0.15, 0.2) is 0 Å². The van der Waals surface area contributed by atoms with Crippen molar-refractivity contribution >= 4 is 10.9 Å². The van der Waals surface area contributed by atoms with Crippen molar-refractivity contribution in [2.24, 2.45) is 5.41 Å². The van der Waals surface area contributed by atoms with E-state index in [0.717, 1.165) is 6.54 Å². The number of para-hydroxylation sites is 1. The Labute approximate surface area is 103 Å². The Morgan fingerprint density at radius 1 is 1.24 bits per heavy atom. The molecule has 2 nitrogen and oxygen atoms in total. The first kappa shape index (κ1) is 12.2. The summed E-state index contributed by atoms with van der Waals surface area (Å²) in [6.07, 6.45) is 2.10. The van der Waals surface area contributed by atoms with Crippen LogP contribution in [0.1, 0.15) is 33.3 Å². The highest BCUT2D eigenvalue weighted by Gasteiger charge is 2.19. The zero-order valence-electron chi connectivity index (χ0n) is 11.2. The molecule has 17 heavy (non-hydrogen) atoms. The van der Waals surface area contributed by atoms with E-state index in [2.05, 4.69) is 68.5 Å². The highest BCUT2D eigenvalue weighted by molar-refractivity contribution is 5.82. The van der Waals surface area contributed by atoms with Crippen LogP contribution in [0.25, 0.3) is 10.9 Å². The van der Waals surface area contributed by atoms with E-state index in [1.165, 1.54) is 16.5 Å². The molecular formula is C15H22N2. The number of rotatable bonds is 3. The molecule has 1 aromatic carbocycles. The molecule has 0 bridgehead atoms. The van der Waals surface area contributed by atoms with E-state index < -0.39 is 0 Å². The molecule has 1 atom stereocenters. The molecule has 2 aromatic rings. The zero-order chi connectivity index (χ0) is 12.5. The van der Waals surface area contributed by atoms with Crippen LogP contribution < -0.4 is 5.32 Å². The predicted molar refractivity (Wildman–Crippen MR) is 74.1 cm³/mol. The average molecular weight is 230 g/mol. The number of nitrogens with one attached hydrogen (secondary N) is 2. The molecular weight excluding hydrogens is 208 g/mol. The molecule has 0 aliphatic heterocycles. The molecule has 0 radical (unpaired) electrons. The molecule has 92 valence electrons. The van der Waals surface area contributed by atoms with Crippen molar-refractivity contribution in [3.05, 3.63) is 36.0 Å². The van der Waals surface area contributed by atoms with Crippen LogP contribution in [0.4, 0.5) is 0 Å². The van der Waals surface area contributed by atoms with Gasteiger partial charge in [0.1, 0.15) is 0 Å². The van der Waals surface area contributed by atoms with E-state index in [1.807, 2.05) is 0 Å². The van der Waals surface area contributed by atoms with Gasteiger partial charge in [0.25, 0.3) is 0 Å². The van der Waals surface area contributed by atoms with E-state index in [1.54, 1.807) is 0 Å². The Bertz CT molecular complexity index is 491. The fraction of sp³-hybridized carbons (Fsp3) is 0.467. The zero-order valence-corrected chi connectivity index (χ0v) is 11.2. The number of H-pyrrole nitrogens is 1. The van der Waals surface area contributed by atoms with Crippen LogP contribution in [0.3, 0.4) is 0 Å². The molecule has 0 spiro atoms. The molecule has 0 aliphatic carbocycles. The van der Waals surface area contributed by atoms with Crippen molar-refractivity contribution in [2.75, 3.05) is 0 Å². The minimum atomic E-state index is 0.298. The lowest BCUT2D eigenvalue weighted by atomic mass is 9.88. The lowest BCUT2D eigenvalue weighted by molar-refractivity contribution is 0.285. The molecule has 1 heterocycles. The van der Waals surface area contributed by atoms with Gasteiger partial charge in [0.05, 0.1) is 0 Å². The third-order valence-corrected chi connectivity index (χ3v) is 3.57. The molecule has 2 rings (SSSR count). The lowest BCUT2D eigenvalue weighted by Crippen LogP contribution is -2.37. The summed E-state index contributed by atoms with van der Waals surface area (Å²) in [4.78, 5) is 3.31. The number of benzene rings is 1. The fourth-order valence-corrected chi connectivity index (χ4v) is 1.85. The molecule has 0 saturated carbocycles. The molecule has 1 aromatic heterocycles. The van der Waals surface area contributed by atoms with Crippen LogP contribution in [0.5, 0.6) is 0 Å². The van der Waals surface area contributed by atoms with Gasteiger partial charge in [-0.3, -0.25) is 0 Å². The summed E-state index contributed by atoms with van der Waals surface area (Å²) in [7, 11) is 0. The van der Waals surface area contributed by atoms with Gasteiger partial charge in [-0.25, -0.2) is 0 Å². The maximum absolute atomic E-state index is 3.60. The first-order valence-electron chi connectivity index (χ1n) is 6.27. The van der Waals surface area contributed by atoms with Crippen LogP contribution in [-0.2, 0) is 6.54 Å². The third-order valence-electron chi connectivity index (χ3n) is 3.57. The molecule has 0 amide bonds. The number of aromatic nitrogens is 1. The third kappa shape index (κ3) is 2.70. The predicted octanol–water partition coefficient (Wildman–Crippen LogP) is 3.69. The second-order valence-corrected chi connectivity index (χ2v) is 5.83. The normalized spacial score (nSPS) is 14.1. The van der Waals surface area contributed by atoms with E-state index in [0.29, 0.717) is 11.5 Å². The van der Waals surface area contributed by atoms with Gasteiger partial charge in [-0.2, -0.15) is 0 Å². The highest BCUT2D eigenvalue weighted by atomic mass is 14.9. The van der Waals surface area contributed by atoms with Crippen LogP contribution in [-0.4, -0.2) is 11.0 Å². The van der Waals surface area contributed by atoms with E-state index >= 15 is 0 Å². The number of hydrogen-bond donors (Lipinski definition) is 2. The summed E-state index contributed by atoms with van der Waals surface area (Å²) in [6.45, 7) is 9.96. The van der Waals surface area contributed by atoms with Crippen LogP contribution in [0.2, 0.25) is 0 Å². The van der Waals surface area contributed by atoms with Crippen LogP contribution in [0.15, 0.2) is 30.5 Å². The summed E-state index contributed by atoms with van der Waals surface area (Å²) >= 11 is 0. The largest absolute Gasteiger partial charge is 0.361 e. The van der Waals surface area contributed by atoms with Gasteiger partial charge < -0.3 is 10.3 Å². The number of hydrogen-bond acceptors (Lipinski definition) is 1. The van der Waals surface area contributed by atoms with E-state index in [-0.39, 0.29) is 0 Å². The Morgan fingerprint density at radius 3 is 2.65 bits per heavy atom. The Hall–Kier alpha value is -1.28. The fourth-order valence-electron chi connectivity index (χ4n) is 1.85. The second-order valence-electron chi connectivity index (χ2n) is 5.83. The van der Waals surface area contributed by atoms with Crippen LogP contribution in [0, 0.1) is 5.41 Å². The second kappa shape index (κ2) is 4.53. The molecule has 0 saturated heterocycles. The van der Waals surface area contributed by atoms with Gasteiger partial charge >= 0.3 is 0 Å². The maximum Gasteiger partial charge on any atom is 0.0457 e. The molecule has 1 unspecified atom stereocenters. The summed E-state index contributed by atoms with van der Waals surface area (Å²) in [5, 5.41) is 4.92. The Morgan fingerprint density at radius 2 is 1.94 bits per heavy atom. The summed E-state index contributed by atoms with van der Waals surface area (Å²) in [5.74, 6) is 0. The standard InChI is InChI=1S/C15H22N2/c1-11(15(2,3)4)16-9-12-10-17-14-8-6-5-7-13(12)14/h5-8,10-11,16-17H,9H2,1-4H3. The van der Waals surface area contributed by atoms with Crippen LogP contribution >= 0.6 is 0 Å². The molecule has 2 heteroatoms. The first-order valence-corrected chi connectivity index (χ1v) is 6.27. The average Bonchev–Trinajstić information content (AvgIpc) is 2.68. The topological polar surface area (TPSA) is 27.8 Å². The first-order chi connectivity index (χ1) is 7.98. The van der Waals surface area contributed by atoms with Gasteiger partial charge in [0, 0.05) is 29.7 Å². The molecule has 2 N–H and O–H groups in total. The quantitative estimate of drug-likeness (QED) is 0.827. The number of aromatic amines is 1. The van der Waals surface area contributed by atoms with Crippen molar-refractivity contribution in [3.63, 3.8) is 0 Å². The summed E-state index contributed by atoms with van der Waals surface area (Å²) < 4.78 is 0. The number of fused-ring (bicyclic) bond motifs is 1. The summed E-state index contributed by atoms with van der Waals surface area (Å²) in [6, 6.07) is 8.94. The van der Waals surface area contributed by atoms with Gasteiger partial charge in [0.2, 0.25) is 0 Å². The maximum atomic E-state index is 3.60. The van der Waals surface area contributed by atoms with Gasteiger partial charge in [-0.05, 0) is 24.0 Å². The van der Waals surface area contributed by atoms with Gasteiger partial charge in [-0.15, -0.1) is 0 Å². The molecule has 0 fully saturated rings. The van der Waals surface area contributed by atoms with Gasteiger partial charge in [-0.1, -0.05) is 39.0 Å². The van der Waals surface area contributed by atoms with Crippen molar-refractivity contribution in [2.45, 2.75) is 40.3 Å². The van der Waals surface area contributed by atoms with Crippen molar-refractivity contribution in [1.82, 2.24) is 10.3 Å². The Kier molecular flexibility index (Phi) is 3.25. The van der Waals surface area contributed by atoms with E-state index in [4.69, 9.17) is 0 Å². The Balaban J connectivity index is 2.09. The smallest absolute Gasteiger partial charge is 0.0457 e. The molecule has 0 aliphatic rings. The highest BCUT2D eigenvalue weighted by Crippen LogP contribution is 2.21. The monoisotopic (exact) mass is 230 g/mol. The lowest BCUT2D eigenvalue weighted by Gasteiger charge is -2.28. The van der Waals surface area contributed by atoms with Crippen molar-refractivity contribution in [1.29, 1.82) is 0 Å². The SMILES string of the molecule is CC(NCc1c[nH]c2ccccc12)C(C)(C)C. The van der Waals surface area contributed by atoms with Crippen molar-refractivity contribution < 1.29 is 0 Å². The minimum absolute atomic E-state index is 0.298. The van der Waals surface area contributed by atoms with Crippen molar-refractivity contribution in [3.8, 4) is 0 Å². The summed E-state index contributed by atoms with van der Waals surface area (Å²) in [5.41, 5.74) is 2.86. The van der Waals surface area contributed by atoms with E-state index in [9.17, 15) is 0 Å².